The van der Waals surface area contributed by atoms with Crippen LogP contribution in [0.2, 0.25) is 0 Å². The molecule has 0 aliphatic carbocycles. The van der Waals surface area contributed by atoms with Gasteiger partial charge in [-0.1, -0.05) is 12.1 Å². The van der Waals surface area contributed by atoms with E-state index in [9.17, 15) is 14.9 Å². The number of carbonyl (C=O) groups excluding carboxylic acids is 1. The highest BCUT2D eigenvalue weighted by Crippen LogP contribution is 2.27. The molecule has 2 aromatic heterocycles. The van der Waals surface area contributed by atoms with Crippen molar-refractivity contribution in [3.63, 3.8) is 0 Å². The van der Waals surface area contributed by atoms with Crippen molar-refractivity contribution in [2.45, 2.75) is 0 Å². The molecule has 0 saturated heterocycles. The molecule has 1 N–H and O–H groups in total. The molecule has 0 aliphatic heterocycles. The Hall–Kier alpha value is -4.72. The summed E-state index contributed by atoms with van der Waals surface area (Å²) in [7, 11) is 0. The van der Waals surface area contributed by atoms with Gasteiger partial charge in [-0.25, -0.2) is 4.98 Å². The van der Waals surface area contributed by atoms with Gasteiger partial charge in [0.2, 0.25) is 5.89 Å². The summed E-state index contributed by atoms with van der Waals surface area (Å²) < 4.78 is 11.4. The van der Waals surface area contributed by atoms with E-state index in [0.29, 0.717) is 28.5 Å². The van der Waals surface area contributed by atoms with Crippen molar-refractivity contribution in [3.8, 4) is 22.8 Å². The molecule has 5 aromatic rings. The van der Waals surface area contributed by atoms with Crippen LogP contribution in [-0.4, -0.2) is 15.8 Å². The van der Waals surface area contributed by atoms with Gasteiger partial charge in [-0.15, -0.1) is 0 Å². The average molecular weight is 425 g/mol. The summed E-state index contributed by atoms with van der Waals surface area (Å²) in [5.41, 5.74) is 3.49. The van der Waals surface area contributed by atoms with Gasteiger partial charge in [0, 0.05) is 28.9 Å². The zero-order valence-corrected chi connectivity index (χ0v) is 16.5. The number of nitro benzene ring substituents is 1. The van der Waals surface area contributed by atoms with E-state index >= 15 is 0 Å². The number of benzene rings is 3. The third kappa shape index (κ3) is 3.72. The maximum Gasteiger partial charge on any atom is 0.291 e. The highest BCUT2D eigenvalue weighted by atomic mass is 16.6. The van der Waals surface area contributed by atoms with E-state index in [0.717, 1.165) is 11.1 Å². The lowest BCUT2D eigenvalue weighted by Crippen LogP contribution is -2.10. The number of rotatable bonds is 5. The highest BCUT2D eigenvalue weighted by Gasteiger charge is 2.14. The lowest BCUT2D eigenvalue weighted by atomic mass is 10.1. The first kappa shape index (κ1) is 19.3. The minimum Gasteiger partial charge on any atom is -0.451 e. The summed E-state index contributed by atoms with van der Waals surface area (Å²) in [5, 5.41) is 13.6. The number of furan rings is 1. The largest absolute Gasteiger partial charge is 0.451 e. The predicted octanol–water partition coefficient (Wildman–Crippen LogP) is 5.92. The van der Waals surface area contributed by atoms with Gasteiger partial charge in [0.05, 0.1) is 4.92 Å². The summed E-state index contributed by atoms with van der Waals surface area (Å²) in [4.78, 5) is 27.3. The van der Waals surface area contributed by atoms with E-state index in [1.165, 1.54) is 12.1 Å². The second-order valence-electron chi connectivity index (χ2n) is 6.99. The Labute approximate surface area is 181 Å². The number of hydrogen-bond acceptors (Lipinski definition) is 6. The molecule has 156 valence electrons. The summed E-state index contributed by atoms with van der Waals surface area (Å²) in [6, 6.07) is 23.8. The molecule has 8 heteroatoms. The third-order valence-corrected chi connectivity index (χ3v) is 4.88. The van der Waals surface area contributed by atoms with Gasteiger partial charge < -0.3 is 14.2 Å². The van der Waals surface area contributed by atoms with E-state index < -0.39 is 10.8 Å². The number of nitrogens with one attached hydrogen (secondary N) is 1. The van der Waals surface area contributed by atoms with E-state index in [2.05, 4.69) is 10.3 Å². The van der Waals surface area contributed by atoms with Crippen LogP contribution < -0.4 is 5.32 Å². The Kier molecular flexibility index (Phi) is 4.72. The van der Waals surface area contributed by atoms with Crippen LogP contribution in [0.3, 0.4) is 0 Å². The number of fused-ring (bicyclic) bond motifs is 1. The Morgan fingerprint density at radius 1 is 0.844 bits per heavy atom. The van der Waals surface area contributed by atoms with E-state index in [-0.39, 0.29) is 11.4 Å². The molecule has 32 heavy (non-hydrogen) atoms. The summed E-state index contributed by atoms with van der Waals surface area (Å²) in [6.07, 6.45) is 0. The fourth-order valence-electron chi connectivity index (χ4n) is 3.25. The van der Waals surface area contributed by atoms with Gasteiger partial charge in [-0.05, 0) is 60.7 Å². The summed E-state index contributed by atoms with van der Waals surface area (Å²) in [6.45, 7) is 0. The molecule has 0 fully saturated rings. The van der Waals surface area contributed by atoms with Gasteiger partial charge >= 0.3 is 0 Å². The van der Waals surface area contributed by atoms with Crippen molar-refractivity contribution in [1.82, 2.24) is 4.98 Å². The number of carbonyl (C=O) groups is 1. The number of hydrogen-bond donors (Lipinski definition) is 1. The van der Waals surface area contributed by atoms with E-state index in [1.54, 1.807) is 36.4 Å². The van der Waals surface area contributed by atoms with Crippen LogP contribution in [0.4, 0.5) is 11.4 Å². The topological polar surface area (TPSA) is 111 Å². The molecule has 0 spiro atoms. The minimum atomic E-state index is -0.472. The van der Waals surface area contributed by atoms with Crippen LogP contribution in [0, 0.1) is 10.1 Å². The van der Waals surface area contributed by atoms with E-state index in [1.807, 2.05) is 36.4 Å². The van der Waals surface area contributed by atoms with Gasteiger partial charge in [0.25, 0.3) is 11.6 Å². The first-order chi connectivity index (χ1) is 15.6. The molecular formula is C24H15N3O5. The molecule has 0 bridgehead atoms. The van der Waals surface area contributed by atoms with Gasteiger partial charge in [-0.2, -0.15) is 0 Å². The zero-order chi connectivity index (χ0) is 22.1. The van der Waals surface area contributed by atoms with Gasteiger partial charge in [0.15, 0.2) is 11.3 Å². The number of oxazole rings is 1. The number of amides is 1. The number of non-ortho nitro benzene ring substituents is 1. The second kappa shape index (κ2) is 7.84. The highest BCUT2D eigenvalue weighted by molar-refractivity contribution is 6.02. The standard InChI is InChI=1S/C24H15N3O5/c28-23(22-14-13-20(31-22)15-7-11-18(12-8-15)27(29)30)25-17-9-5-16(6-10-17)24-26-19-3-1-2-4-21(19)32-24/h1-14H,(H,25,28). The van der Waals surface area contributed by atoms with Crippen molar-refractivity contribution in [3.05, 3.63) is 101 Å². The maximum atomic E-state index is 12.5. The predicted molar refractivity (Wildman–Crippen MR) is 118 cm³/mol. The zero-order valence-electron chi connectivity index (χ0n) is 16.5. The van der Waals surface area contributed by atoms with Crippen LogP contribution in [-0.2, 0) is 0 Å². The molecule has 0 saturated carbocycles. The third-order valence-electron chi connectivity index (χ3n) is 4.88. The van der Waals surface area contributed by atoms with Crippen LogP contribution >= 0.6 is 0 Å². The normalized spacial score (nSPS) is 10.9. The minimum absolute atomic E-state index is 0.0143. The summed E-state index contributed by atoms with van der Waals surface area (Å²) in [5.74, 6) is 0.661. The molecule has 3 aromatic carbocycles. The smallest absolute Gasteiger partial charge is 0.291 e. The first-order valence-corrected chi connectivity index (χ1v) is 9.69. The second-order valence-corrected chi connectivity index (χ2v) is 6.99. The monoisotopic (exact) mass is 425 g/mol. The Morgan fingerprint density at radius 3 is 2.28 bits per heavy atom. The maximum absolute atomic E-state index is 12.5. The van der Waals surface area contributed by atoms with E-state index in [4.69, 9.17) is 8.83 Å². The van der Waals surface area contributed by atoms with Crippen molar-refractivity contribution in [1.29, 1.82) is 0 Å². The quantitative estimate of drug-likeness (QED) is 0.276. The molecule has 0 aliphatic rings. The molecule has 8 nitrogen and oxygen atoms in total. The first-order valence-electron chi connectivity index (χ1n) is 9.69. The number of nitrogens with zero attached hydrogens (tertiary/aromatic N) is 2. The van der Waals surface area contributed by atoms with Gasteiger partial charge in [0.1, 0.15) is 11.3 Å². The van der Waals surface area contributed by atoms with Crippen molar-refractivity contribution < 1.29 is 18.6 Å². The van der Waals surface area contributed by atoms with Gasteiger partial charge in [-0.3, -0.25) is 14.9 Å². The SMILES string of the molecule is O=C(Nc1ccc(-c2nc3ccccc3o2)cc1)c1ccc(-c2ccc([N+](=O)[O-])cc2)o1. The molecule has 0 unspecified atom stereocenters. The summed E-state index contributed by atoms with van der Waals surface area (Å²) >= 11 is 0. The lowest BCUT2D eigenvalue weighted by Gasteiger charge is -2.04. The molecule has 2 heterocycles. The molecular weight excluding hydrogens is 410 g/mol. The number of para-hydroxylation sites is 2. The van der Waals surface area contributed by atoms with Crippen LogP contribution in [0.15, 0.2) is 93.8 Å². The lowest BCUT2D eigenvalue weighted by molar-refractivity contribution is -0.384. The van der Waals surface area contributed by atoms with Crippen LogP contribution in [0.25, 0.3) is 33.9 Å². The van der Waals surface area contributed by atoms with Crippen LogP contribution in [0.5, 0.6) is 0 Å². The van der Waals surface area contributed by atoms with Crippen molar-refractivity contribution in [2.75, 3.05) is 5.32 Å². The average Bonchev–Trinajstić information content (AvgIpc) is 3.47. The number of nitro groups is 1. The Balaban J connectivity index is 1.29. The molecule has 0 radical (unpaired) electrons. The molecule has 0 atom stereocenters. The van der Waals surface area contributed by atoms with Crippen molar-refractivity contribution >= 4 is 28.4 Å². The van der Waals surface area contributed by atoms with Crippen LogP contribution in [0.1, 0.15) is 10.6 Å². The Bertz CT molecular complexity index is 1400. The number of aromatic nitrogens is 1. The Morgan fingerprint density at radius 2 is 1.56 bits per heavy atom. The fraction of sp³-hybridized carbons (Fsp3) is 0. The fourth-order valence-corrected chi connectivity index (χ4v) is 3.25. The van der Waals surface area contributed by atoms with Crippen molar-refractivity contribution in [2.24, 2.45) is 0 Å². The molecule has 5 rings (SSSR count). The number of anilines is 1. The molecule has 1 amide bonds.